The number of rotatable bonds is 8. The summed E-state index contributed by atoms with van der Waals surface area (Å²) >= 11 is 0.811. The number of esters is 2. The molecule has 198 valence electrons. The molecule has 3 aromatic heterocycles. The molecular formula is C25H21F3N4O5S. The molecule has 0 saturated heterocycles. The summed E-state index contributed by atoms with van der Waals surface area (Å²) in [6.45, 7) is 3.44. The number of carbonyl (C=O) groups is 3. The van der Waals surface area contributed by atoms with E-state index in [1.165, 1.54) is 26.2 Å². The molecule has 0 unspecified atom stereocenters. The fourth-order valence-electron chi connectivity index (χ4n) is 3.64. The second-order valence-corrected chi connectivity index (χ2v) is 9.03. The number of anilines is 1. The number of fused-ring (bicyclic) bond motifs is 1. The molecule has 0 aliphatic heterocycles. The quantitative estimate of drug-likeness (QED) is 0.293. The Labute approximate surface area is 218 Å². The van der Waals surface area contributed by atoms with Crippen LogP contribution in [0.3, 0.4) is 0 Å². The van der Waals surface area contributed by atoms with E-state index in [0.29, 0.717) is 12.0 Å². The number of alkyl halides is 2. The zero-order valence-corrected chi connectivity index (χ0v) is 21.2. The van der Waals surface area contributed by atoms with E-state index in [1.54, 1.807) is 0 Å². The lowest BCUT2D eigenvalue weighted by atomic mass is 10.1. The summed E-state index contributed by atoms with van der Waals surface area (Å²) in [7, 11) is 1.18. The Morgan fingerprint density at radius 3 is 2.50 bits per heavy atom. The molecule has 0 radical (unpaired) electrons. The van der Waals surface area contributed by atoms with Crippen molar-refractivity contribution >= 4 is 39.8 Å². The van der Waals surface area contributed by atoms with Gasteiger partial charge in [-0.3, -0.25) is 4.79 Å². The van der Waals surface area contributed by atoms with Gasteiger partial charge in [0.25, 0.3) is 12.3 Å². The first-order valence-corrected chi connectivity index (χ1v) is 12.1. The van der Waals surface area contributed by atoms with Gasteiger partial charge in [0.15, 0.2) is 5.65 Å². The Hall–Kier alpha value is -4.26. The number of methoxy groups -OCH3 is 1. The van der Waals surface area contributed by atoms with E-state index in [-0.39, 0.29) is 44.5 Å². The van der Waals surface area contributed by atoms with Crippen LogP contribution in [0.5, 0.6) is 0 Å². The van der Waals surface area contributed by atoms with Crippen LogP contribution < -0.4 is 5.32 Å². The van der Waals surface area contributed by atoms with Gasteiger partial charge >= 0.3 is 11.9 Å². The molecule has 1 amide bonds. The number of halogens is 3. The van der Waals surface area contributed by atoms with Crippen LogP contribution in [-0.4, -0.2) is 46.2 Å². The van der Waals surface area contributed by atoms with Crippen LogP contribution in [-0.2, 0) is 9.47 Å². The van der Waals surface area contributed by atoms with Crippen LogP contribution in [0.4, 0.5) is 18.2 Å². The highest BCUT2D eigenvalue weighted by Crippen LogP contribution is 2.35. The predicted molar refractivity (Wildman–Crippen MR) is 132 cm³/mol. The summed E-state index contributed by atoms with van der Waals surface area (Å²) in [6.07, 6.45) is -1.34. The number of nitrogens with one attached hydrogen (secondary N) is 1. The lowest BCUT2D eigenvalue weighted by molar-refractivity contribution is 0.0506. The Kier molecular flexibility index (Phi) is 7.76. The van der Waals surface area contributed by atoms with E-state index in [9.17, 15) is 27.6 Å². The molecule has 1 N–H and O–H groups in total. The molecule has 38 heavy (non-hydrogen) atoms. The molecule has 0 bridgehead atoms. The first-order chi connectivity index (χ1) is 18.2. The number of thiophene rings is 1. The van der Waals surface area contributed by atoms with Crippen molar-refractivity contribution in [2.75, 3.05) is 19.0 Å². The monoisotopic (exact) mass is 546 g/mol. The Balaban J connectivity index is 1.79. The van der Waals surface area contributed by atoms with Crippen LogP contribution in [0.25, 0.3) is 16.9 Å². The molecule has 13 heteroatoms. The minimum Gasteiger partial charge on any atom is -0.465 e. The third kappa shape index (κ3) is 5.09. The van der Waals surface area contributed by atoms with E-state index in [0.717, 1.165) is 40.2 Å². The summed E-state index contributed by atoms with van der Waals surface area (Å²) < 4.78 is 51.9. The molecule has 0 aliphatic rings. The van der Waals surface area contributed by atoms with Crippen LogP contribution in [0.2, 0.25) is 0 Å². The molecule has 0 spiro atoms. The summed E-state index contributed by atoms with van der Waals surface area (Å²) in [4.78, 5) is 42.7. The van der Waals surface area contributed by atoms with Crippen molar-refractivity contribution in [3.8, 4) is 11.3 Å². The van der Waals surface area contributed by atoms with Gasteiger partial charge in [-0.15, -0.1) is 11.3 Å². The maximum atomic E-state index is 13.9. The summed E-state index contributed by atoms with van der Waals surface area (Å²) in [5, 5.41) is 6.47. The van der Waals surface area contributed by atoms with E-state index in [1.807, 2.05) is 6.92 Å². The van der Waals surface area contributed by atoms with E-state index in [4.69, 9.17) is 9.47 Å². The molecular weight excluding hydrogens is 525 g/mol. The molecule has 0 fully saturated rings. The van der Waals surface area contributed by atoms with Gasteiger partial charge in [0.1, 0.15) is 27.0 Å². The zero-order chi connectivity index (χ0) is 27.6. The first kappa shape index (κ1) is 26.8. The number of ether oxygens (including phenoxy) is 2. The third-order valence-electron chi connectivity index (χ3n) is 5.49. The van der Waals surface area contributed by atoms with Crippen molar-refractivity contribution in [1.82, 2.24) is 14.6 Å². The highest BCUT2D eigenvalue weighted by Gasteiger charge is 2.29. The molecule has 0 atom stereocenters. The molecule has 0 saturated carbocycles. The highest BCUT2D eigenvalue weighted by atomic mass is 32.1. The minimum atomic E-state index is -2.96. The second-order valence-electron chi connectivity index (χ2n) is 8.01. The van der Waals surface area contributed by atoms with Gasteiger partial charge in [-0.25, -0.2) is 32.3 Å². The maximum Gasteiger partial charge on any atom is 0.348 e. The topological polar surface area (TPSA) is 112 Å². The van der Waals surface area contributed by atoms with Crippen LogP contribution in [0.1, 0.15) is 61.4 Å². The minimum absolute atomic E-state index is 0.0112. The zero-order valence-electron chi connectivity index (χ0n) is 20.4. The van der Waals surface area contributed by atoms with E-state index < -0.39 is 35.8 Å². The third-order valence-corrected chi connectivity index (χ3v) is 6.68. The number of nitrogens with zero attached hydrogens (tertiary/aromatic N) is 3. The maximum absolute atomic E-state index is 13.9. The van der Waals surface area contributed by atoms with Gasteiger partial charge < -0.3 is 14.8 Å². The average Bonchev–Trinajstić information content (AvgIpc) is 3.47. The molecule has 3 heterocycles. The van der Waals surface area contributed by atoms with E-state index in [2.05, 4.69) is 15.4 Å². The van der Waals surface area contributed by atoms with Gasteiger partial charge in [-0.2, -0.15) is 5.10 Å². The van der Waals surface area contributed by atoms with Gasteiger partial charge in [0.05, 0.1) is 31.2 Å². The number of hydrogen-bond acceptors (Lipinski definition) is 8. The summed E-state index contributed by atoms with van der Waals surface area (Å²) in [5.41, 5.74) is -0.230. The number of benzene rings is 1. The Bertz CT molecular complexity index is 1530. The average molecular weight is 547 g/mol. The normalized spacial score (nSPS) is 11.1. The summed E-state index contributed by atoms with van der Waals surface area (Å²) in [6, 6.07) is 6.16. The highest BCUT2D eigenvalue weighted by molar-refractivity contribution is 7.18. The van der Waals surface area contributed by atoms with Crippen LogP contribution >= 0.6 is 11.3 Å². The Morgan fingerprint density at radius 1 is 1.16 bits per heavy atom. The van der Waals surface area contributed by atoms with Crippen LogP contribution in [0, 0.1) is 12.7 Å². The van der Waals surface area contributed by atoms with E-state index >= 15 is 0 Å². The predicted octanol–water partition coefficient (Wildman–Crippen LogP) is 5.45. The van der Waals surface area contributed by atoms with Crippen LogP contribution in [0.15, 0.2) is 36.5 Å². The molecule has 1 aromatic carbocycles. The number of carbonyl (C=O) groups excluding carboxylic acids is 3. The SMILES string of the molecule is CCCOC(=O)c1c(NC(=O)c2cnn3c(C(F)F)cc(-c4ccc(F)cc4)nc23)sc(C(=O)OC)c1C. The fourth-order valence-corrected chi connectivity index (χ4v) is 4.75. The van der Waals surface area contributed by atoms with Gasteiger partial charge in [0, 0.05) is 5.56 Å². The van der Waals surface area contributed by atoms with Crippen molar-refractivity contribution in [2.45, 2.75) is 26.7 Å². The number of aromatic nitrogens is 3. The number of hydrogen-bond donors (Lipinski definition) is 1. The largest absolute Gasteiger partial charge is 0.465 e. The van der Waals surface area contributed by atoms with Crippen molar-refractivity contribution in [1.29, 1.82) is 0 Å². The lowest BCUT2D eigenvalue weighted by Crippen LogP contribution is -2.15. The first-order valence-electron chi connectivity index (χ1n) is 11.3. The second kappa shape index (κ2) is 11.0. The van der Waals surface area contributed by atoms with Gasteiger partial charge in [-0.1, -0.05) is 6.92 Å². The van der Waals surface area contributed by atoms with Crippen molar-refractivity contribution in [3.63, 3.8) is 0 Å². The summed E-state index contributed by atoms with van der Waals surface area (Å²) in [5.74, 6) is -2.78. The molecule has 4 aromatic rings. The van der Waals surface area contributed by atoms with Crippen molar-refractivity contribution in [2.24, 2.45) is 0 Å². The molecule has 9 nitrogen and oxygen atoms in total. The fraction of sp³-hybridized carbons (Fsp3) is 0.240. The smallest absolute Gasteiger partial charge is 0.348 e. The molecule has 0 aliphatic carbocycles. The Morgan fingerprint density at radius 2 is 1.87 bits per heavy atom. The standard InChI is InChI=1S/C25H21F3N4O5S/c1-4-9-37-24(34)18-12(2)19(25(35)36-3)38-23(18)31-22(33)15-11-29-32-17(20(27)28)10-16(30-21(15)32)13-5-7-14(26)8-6-13/h5-8,10-11,20H,4,9H2,1-3H3,(H,31,33). The molecule has 4 rings (SSSR count). The lowest BCUT2D eigenvalue weighted by Gasteiger charge is -2.09. The van der Waals surface area contributed by atoms with Crippen molar-refractivity contribution in [3.05, 3.63) is 69.6 Å². The number of amides is 1. The van der Waals surface area contributed by atoms with Crippen molar-refractivity contribution < 1.29 is 37.0 Å². The van der Waals surface area contributed by atoms with Gasteiger partial charge in [0.2, 0.25) is 0 Å². The van der Waals surface area contributed by atoms with Gasteiger partial charge in [-0.05, 0) is 49.2 Å².